The number of para-hydroxylation sites is 1. The van der Waals surface area contributed by atoms with Crippen molar-refractivity contribution in [2.45, 2.75) is 44.5 Å². The van der Waals surface area contributed by atoms with Crippen molar-refractivity contribution in [3.63, 3.8) is 0 Å². The minimum absolute atomic E-state index is 0.0175. The zero-order chi connectivity index (χ0) is 17.8. The van der Waals surface area contributed by atoms with Crippen LogP contribution in [0.4, 0.5) is 13.2 Å². The second-order valence-electron chi connectivity index (χ2n) is 5.61. The lowest BCUT2D eigenvalue weighted by Gasteiger charge is -2.31. The van der Waals surface area contributed by atoms with Crippen molar-refractivity contribution in [3.8, 4) is 5.75 Å². The average molecular weight is 344 g/mol. The molecule has 2 rings (SSSR count). The number of benzene rings is 1. The van der Waals surface area contributed by atoms with E-state index >= 15 is 0 Å². The molecule has 0 radical (unpaired) electrons. The fraction of sp³-hybridized carbons (Fsp3) is 0.500. The summed E-state index contributed by atoms with van der Waals surface area (Å²) in [7, 11) is 0. The molecule has 0 saturated heterocycles. The van der Waals surface area contributed by atoms with E-state index in [2.05, 4.69) is 5.10 Å². The lowest BCUT2D eigenvalue weighted by atomic mass is 10.00. The first-order valence-corrected chi connectivity index (χ1v) is 7.64. The highest BCUT2D eigenvalue weighted by atomic mass is 19.4. The van der Waals surface area contributed by atoms with Gasteiger partial charge in [-0.1, -0.05) is 31.5 Å². The quantitative estimate of drug-likeness (QED) is 0.863. The first kappa shape index (κ1) is 18.3. The van der Waals surface area contributed by atoms with Gasteiger partial charge in [0.1, 0.15) is 11.5 Å². The topological polar surface area (TPSA) is 62.1 Å². The van der Waals surface area contributed by atoms with E-state index in [0.717, 1.165) is 0 Å². The van der Waals surface area contributed by atoms with Crippen molar-refractivity contribution in [1.29, 1.82) is 0 Å². The van der Waals surface area contributed by atoms with Crippen molar-refractivity contribution in [3.05, 3.63) is 30.3 Å². The van der Waals surface area contributed by atoms with Gasteiger partial charge in [-0.3, -0.25) is 4.79 Å². The normalized spacial score (nSPS) is 20.9. The number of alkyl halides is 3. The van der Waals surface area contributed by atoms with Gasteiger partial charge in [-0.2, -0.15) is 23.3 Å². The zero-order valence-corrected chi connectivity index (χ0v) is 13.2. The van der Waals surface area contributed by atoms with Crippen molar-refractivity contribution < 1.29 is 27.8 Å². The number of unbranched alkanes of at least 4 members (excludes halogenated alkanes) is 1. The molecule has 1 atom stereocenters. The number of carbonyl (C=O) groups excluding carboxylic acids is 1. The molecular formula is C16H19F3N2O3. The lowest BCUT2D eigenvalue weighted by Crippen LogP contribution is -2.47. The van der Waals surface area contributed by atoms with Gasteiger partial charge in [0.2, 0.25) is 0 Å². The molecule has 0 unspecified atom stereocenters. The molecule has 1 aromatic carbocycles. The van der Waals surface area contributed by atoms with Crippen LogP contribution in [0, 0.1) is 0 Å². The van der Waals surface area contributed by atoms with Gasteiger partial charge in [0.05, 0.1) is 0 Å². The molecule has 0 aromatic heterocycles. The second-order valence-corrected chi connectivity index (χ2v) is 5.61. The van der Waals surface area contributed by atoms with Gasteiger partial charge in [-0.05, 0) is 25.0 Å². The largest absolute Gasteiger partial charge is 0.484 e. The first-order valence-electron chi connectivity index (χ1n) is 7.64. The van der Waals surface area contributed by atoms with Crippen LogP contribution in [0.25, 0.3) is 0 Å². The molecule has 1 aromatic rings. The summed E-state index contributed by atoms with van der Waals surface area (Å²) in [6, 6.07) is 8.40. The maximum absolute atomic E-state index is 12.9. The Kier molecular flexibility index (Phi) is 5.48. The van der Waals surface area contributed by atoms with E-state index in [1.165, 1.54) is 0 Å². The number of ether oxygens (including phenoxy) is 1. The molecule has 1 amide bonds. The van der Waals surface area contributed by atoms with Crippen molar-refractivity contribution in [1.82, 2.24) is 5.01 Å². The third kappa shape index (κ3) is 4.25. The molecule has 132 valence electrons. The van der Waals surface area contributed by atoms with Crippen LogP contribution in [-0.4, -0.2) is 40.2 Å². The summed E-state index contributed by atoms with van der Waals surface area (Å²) in [5.74, 6) is -0.418. The van der Waals surface area contributed by atoms with Gasteiger partial charge in [0.25, 0.3) is 5.91 Å². The number of amides is 1. The predicted octanol–water partition coefficient (Wildman–Crippen LogP) is 3.09. The molecule has 0 bridgehead atoms. The van der Waals surface area contributed by atoms with E-state index in [9.17, 15) is 23.1 Å². The highest BCUT2D eigenvalue weighted by Gasteiger charge is 2.51. The molecule has 1 aliphatic rings. The van der Waals surface area contributed by atoms with Gasteiger partial charge >= 0.3 is 6.18 Å². The minimum atomic E-state index is -4.69. The van der Waals surface area contributed by atoms with Crippen LogP contribution in [-0.2, 0) is 4.79 Å². The van der Waals surface area contributed by atoms with Crippen LogP contribution in [0.2, 0.25) is 0 Å². The summed E-state index contributed by atoms with van der Waals surface area (Å²) in [5.41, 5.74) is -3.12. The number of halogens is 3. The number of hydrogen-bond donors (Lipinski definition) is 1. The summed E-state index contributed by atoms with van der Waals surface area (Å²) in [5, 5.41) is 14.4. The van der Waals surface area contributed by atoms with Crippen molar-refractivity contribution in [2.24, 2.45) is 5.10 Å². The third-order valence-electron chi connectivity index (χ3n) is 3.67. The summed E-state index contributed by atoms with van der Waals surface area (Å²) >= 11 is 0. The third-order valence-corrected chi connectivity index (χ3v) is 3.67. The van der Waals surface area contributed by atoms with E-state index in [-0.39, 0.29) is 6.42 Å². The molecule has 1 aliphatic heterocycles. The Hall–Kier alpha value is -2.09. The van der Waals surface area contributed by atoms with Crippen molar-refractivity contribution >= 4 is 11.6 Å². The second kappa shape index (κ2) is 7.21. The van der Waals surface area contributed by atoms with Gasteiger partial charge in [-0.15, -0.1) is 0 Å². The van der Waals surface area contributed by atoms with E-state index < -0.39 is 36.5 Å². The molecule has 24 heavy (non-hydrogen) atoms. The summed E-state index contributed by atoms with van der Waals surface area (Å²) in [6.45, 7) is 1.33. The maximum Gasteiger partial charge on any atom is 0.431 e. The average Bonchev–Trinajstić information content (AvgIpc) is 2.90. The van der Waals surface area contributed by atoms with Crippen LogP contribution < -0.4 is 4.74 Å². The molecule has 1 N–H and O–H groups in total. The number of hydrazone groups is 1. The minimum Gasteiger partial charge on any atom is -0.484 e. The van der Waals surface area contributed by atoms with Gasteiger partial charge < -0.3 is 9.84 Å². The van der Waals surface area contributed by atoms with Crippen LogP contribution >= 0.6 is 0 Å². The van der Waals surface area contributed by atoms with E-state index in [1.54, 1.807) is 30.3 Å². The standard InChI is InChI=1S/C16H19F3N2O3/c1-2-3-9-15(23)10-13(16(17,18)19)20-21(15)14(22)11-24-12-7-5-4-6-8-12/h4-8,23H,2-3,9-11H2,1H3/t15-/m0/s1. The maximum atomic E-state index is 12.9. The smallest absolute Gasteiger partial charge is 0.431 e. The van der Waals surface area contributed by atoms with Crippen LogP contribution in [0.5, 0.6) is 5.75 Å². The highest BCUT2D eigenvalue weighted by molar-refractivity contribution is 5.94. The molecule has 5 nitrogen and oxygen atoms in total. The van der Waals surface area contributed by atoms with Gasteiger partial charge in [0, 0.05) is 6.42 Å². The fourth-order valence-corrected chi connectivity index (χ4v) is 2.41. The molecule has 0 spiro atoms. The highest BCUT2D eigenvalue weighted by Crippen LogP contribution is 2.36. The van der Waals surface area contributed by atoms with Gasteiger partial charge in [0.15, 0.2) is 12.3 Å². The number of hydrogen-bond acceptors (Lipinski definition) is 4. The van der Waals surface area contributed by atoms with Crippen molar-refractivity contribution in [2.75, 3.05) is 6.61 Å². The van der Waals surface area contributed by atoms with E-state index in [0.29, 0.717) is 23.6 Å². The predicted molar refractivity (Wildman–Crippen MR) is 81.4 cm³/mol. The summed E-state index contributed by atoms with van der Waals surface area (Å²) in [6.07, 6.45) is -4.25. The number of rotatable bonds is 6. The number of carbonyl (C=O) groups is 1. The molecule has 0 saturated carbocycles. The Balaban J connectivity index is 2.12. The van der Waals surface area contributed by atoms with Crippen LogP contribution in [0.1, 0.15) is 32.6 Å². The Morgan fingerprint density at radius 1 is 1.38 bits per heavy atom. The van der Waals surface area contributed by atoms with Crippen LogP contribution in [0.15, 0.2) is 35.4 Å². The van der Waals surface area contributed by atoms with Gasteiger partial charge in [-0.25, -0.2) is 0 Å². The fourth-order valence-electron chi connectivity index (χ4n) is 2.41. The Morgan fingerprint density at radius 3 is 2.62 bits per heavy atom. The van der Waals surface area contributed by atoms with E-state index in [4.69, 9.17) is 4.74 Å². The summed E-state index contributed by atoms with van der Waals surface area (Å²) in [4.78, 5) is 12.2. The molecule has 0 fully saturated rings. The Morgan fingerprint density at radius 2 is 2.04 bits per heavy atom. The molecule has 0 aliphatic carbocycles. The SMILES string of the molecule is CCCC[C@]1(O)CC(C(F)(F)F)=NN1C(=O)COc1ccccc1. The molecule has 8 heteroatoms. The lowest BCUT2D eigenvalue weighted by molar-refractivity contribution is -0.159. The Labute approximate surface area is 137 Å². The number of nitrogens with zero attached hydrogens (tertiary/aromatic N) is 2. The number of aliphatic hydroxyl groups is 1. The summed E-state index contributed by atoms with van der Waals surface area (Å²) < 4.78 is 44.0. The van der Waals surface area contributed by atoms with E-state index in [1.807, 2.05) is 6.92 Å². The molecule has 1 heterocycles. The van der Waals surface area contributed by atoms with Crippen LogP contribution in [0.3, 0.4) is 0 Å². The Bertz CT molecular complexity index is 604. The monoisotopic (exact) mass is 344 g/mol. The zero-order valence-electron chi connectivity index (χ0n) is 13.2. The first-order chi connectivity index (χ1) is 11.3. The molecular weight excluding hydrogens is 325 g/mol.